The van der Waals surface area contributed by atoms with E-state index in [-0.39, 0.29) is 85.2 Å². The third kappa shape index (κ3) is 26.1. The minimum absolute atomic E-state index is 0.0341. The second-order valence-corrected chi connectivity index (χ2v) is 21.7. The smallest absolute Gasteiger partial charge is 0.408 e. The van der Waals surface area contributed by atoms with E-state index in [1.165, 1.54) is 52.3 Å². The number of hydrogen-bond acceptors (Lipinski definition) is 16. The fraction of sp³-hybridized carbons (Fsp3) is 0.467. The Balaban J connectivity index is 1.14. The maximum atomic E-state index is 13.3. The molecule has 0 aliphatic carbocycles. The summed E-state index contributed by atoms with van der Waals surface area (Å²) in [7, 11) is 2.73. The number of hydrogen-bond donors (Lipinski definition) is 10. The van der Waals surface area contributed by atoms with E-state index in [1.807, 2.05) is 36.4 Å². The number of nitrogens with one attached hydrogen (secondary N) is 10. The van der Waals surface area contributed by atoms with Crippen molar-refractivity contribution < 1.29 is 76.4 Å². The number of benzene rings is 4. The van der Waals surface area contributed by atoms with Crippen molar-refractivity contribution in [1.82, 2.24) is 43.0 Å². The molecule has 0 saturated heterocycles. The summed E-state index contributed by atoms with van der Waals surface area (Å²) < 4.78 is 33.1. The van der Waals surface area contributed by atoms with Crippen molar-refractivity contribution in [2.24, 2.45) is 0 Å². The summed E-state index contributed by atoms with van der Waals surface area (Å²) in [5.41, 5.74) is 8.37. The Morgan fingerprint density at radius 3 is 1.22 bits per heavy atom. The molecule has 26 nitrogen and oxygen atoms in total. The van der Waals surface area contributed by atoms with Crippen LogP contribution in [0, 0.1) is 0 Å². The predicted molar refractivity (Wildman–Crippen MR) is 319 cm³/mol. The zero-order valence-corrected chi connectivity index (χ0v) is 50.5. The van der Waals surface area contributed by atoms with Gasteiger partial charge in [-0.25, -0.2) is 9.59 Å². The fourth-order valence-electron chi connectivity index (χ4n) is 8.12. The van der Waals surface area contributed by atoms with Crippen LogP contribution in [-0.2, 0) is 38.2 Å². The molecule has 0 saturated carbocycles. The highest BCUT2D eigenvalue weighted by Crippen LogP contribution is 2.27. The van der Waals surface area contributed by atoms with Gasteiger partial charge in [0.2, 0.25) is 23.6 Å². The molecule has 0 aliphatic rings. The van der Waals surface area contributed by atoms with E-state index in [0.29, 0.717) is 74.5 Å². The molecule has 4 aromatic carbocycles. The zero-order valence-electron chi connectivity index (χ0n) is 50.5. The fourth-order valence-corrected chi connectivity index (χ4v) is 8.12. The molecule has 0 unspecified atom stereocenters. The van der Waals surface area contributed by atoms with Crippen LogP contribution >= 0.6 is 0 Å². The molecule has 4 aromatic rings. The van der Waals surface area contributed by atoms with Crippen LogP contribution in [0.15, 0.2) is 72.8 Å². The summed E-state index contributed by atoms with van der Waals surface area (Å²) >= 11 is 0. The van der Waals surface area contributed by atoms with E-state index in [9.17, 15) is 47.9 Å². The number of methoxy groups -OCH3 is 2. The number of anilines is 2. The first-order valence-corrected chi connectivity index (χ1v) is 28.2. The summed E-state index contributed by atoms with van der Waals surface area (Å²) in [4.78, 5) is 126. The molecule has 0 radical (unpaired) electrons. The highest BCUT2D eigenvalue weighted by molar-refractivity contribution is 6.01. The molecule has 86 heavy (non-hydrogen) atoms. The van der Waals surface area contributed by atoms with Crippen LogP contribution in [-0.4, -0.2) is 123 Å². The summed E-state index contributed by atoms with van der Waals surface area (Å²) in [6, 6.07) is 17.9. The van der Waals surface area contributed by atoms with Gasteiger partial charge in [-0.2, -0.15) is 0 Å². The number of unbranched alkanes of at least 4 members (excludes halogenated alkanes) is 2. The summed E-state index contributed by atoms with van der Waals surface area (Å²) in [6.07, 6.45) is 1.66. The number of carbonyl (C=O) groups excluding carboxylic acids is 10. The van der Waals surface area contributed by atoms with Crippen molar-refractivity contribution >= 4 is 81.6 Å². The molecule has 0 heterocycles. The molecule has 10 amide bonds. The van der Waals surface area contributed by atoms with Gasteiger partial charge in [0.1, 0.15) is 46.3 Å². The standard InChI is InChI=1S/C60H82N10O16/c1-37(71)63-41-23-27-49(81-9)45(35-41)53(75)67-69-55(77)47(65-57(79)85-59(3,4)5)17-11-13-29-61-51(73)19-15-31-83-43-25-21-39-22-26-44(34-40(39)33-43)84-32-16-20-52(74)62-30-14-12-18-48(66-58(80)86-60(6,7)8)56(78)70-68-54(76)46-36-42(64-38(2)72)24-28-50(46)82-10/h21-28,33-36,47-48H,11-20,29-32H2,1-10H3,(H,61,73)(H,62,74)(H,63,71)(H,64,72)(H,65,79)(H,66,80)(H,67,75)(H,68,76)(H,69,77)(H,70,78)/t47-,48-/m0/s1. The first-order valence-electron chi connectivity index (χ1n) is 28.2. The quantitative estimate of drug-likeness (QED) is 0.0200. The van der Waals surface area contributed by atoms with Gasteiger partial charge in [0, 0.05) is 51.2 Å². The zero-order chi connectivity index (χ0) is 63.4. The topological polar surface area (TPSA) is 346 Å². The van der Waals surface area contributed by atoms with E-state index in [0.717, 1.165) is 10.8 Å². The van der Waals surface area contributed by atoms with Crippen LogP contribution in [0.4, 0.5) is 21.0 Å². The van der Waals surface area contributed by atoms with E-state index >= 15 is 0 Å². The third-order valence-electron chi connectivity index (χ3n) is 12.0. The second kappa shape index (κ2) is 34.4. The van der Waals surface area contributed by atoms with Crippen molar-refractivity contribution in [1.29, 1.82) is 0 Å². The average Bonchev–Trinajstić information content (AvgIpc) is 2.97. The number of ether oxygens (including phenoxy) is 6. The molecule has 10 N–H and O–H groups in total. The van der Waals surface area contributed by atoms with E-state index in [2.05, 4.69) is 53.6 Å². The largest absolute Gasteiger partial charge is 0.496 e. The lowest BCUT2D eigenvalue weighted by molar-refractivity contribution is -0.124. The monoisotopic (exact) mass is 1200 g/mol. The highest BCUT2D eigenvalue weighted by atomic mass is 16.6. The second-order valence-electron chi connectivity index (χ2n) is 21.7. The summed E-state index contributed by atoms with van der Waals surface area (Å²) in [5.74, 6) is -2.39. The molecule has 26 heteroatoms. The van der Waals surface area contributed by atoms with Crippen LogP contribution in [0.3, 0.4) is 0 Å². The lowest BCUT2D eigenvalue weighted by atomic mass is 10.1. The van der Waals surface area contributed by atoms with Crippen molar-refractivity contribution in [2.45, 2.75) is 143 Å². The van der Waals surface area contributed by atoms with Crippen LogP contribution in [0.2, 0.25) is 0 Å². The molecule has 0 aliphatic heterocycles. The Hall–Kier alpha value is -9.36. The first kappa shape index (κ1) is 69.1. The minimum atomic E-state index is -1.11. The maximum absolute atomic E-state index is 13.3. The Kier molecular flexibility index (Phi) is 27.7. The van der Waals surface area contributed by atoms with E-state index < -0.39 is 59.1 Å². The summed E-state index contributed by atoms with van der Waals surface area (Å²) in [6.45, 7) is 13.9. The van der Waals surface area contributed by atoms with Gasteiger partial charge in [-0.15, -0.1) is 0 Å². The van der Waals surface area contributed by atoms with Gasteiger partial charge in [-0.3, -0.25) is 60.1 Å². The maximum Gasteiger partial charge on any atom is 0.408 e. The lowest BCUT2D eigenvalue weighted by Gasteiger charge is -2.23. The molecule has 2 atom stereocenters. The van der Waals surface area contributed by atoms with Gasteiger partial charge in [0.25, 0.3) is 23.6 Å². The molecular formula is C60H82N10O16. The van der Waals surface area contributed by atoms with Crippen LogP contribution < -0.4 is 72.6 Å². The molecule has 4 rings (SSSR count). The molecule has 0 bridgehead atoms. The predicted octanol–water partition coefficient (Wildman–Crippen LogP) is 6.37. The number of hydrazine groups is 2. The van der Waals surface area contributed by atoms with Crippen LogP contribution in [0.25, 0.3) is 10.8 Å². The van der Waals surface area contributed by atoms with Gasteiger partial charge in [0.15, 0.2) is 0 Å². The van der Waals surface area contributed by atoms with E-state index in [4.69, 9.17) is 28.4 Å². The van der Waals surface area contributed by atoms with Gasteiger partial charge < -0.3 is 60.3 Å². The Labute approximate surface area is 500 Å². The van der Waals surface area contributed by atoms with Crippen molar-refractivity contribution in [3.05, 3.63) is 83.9 Å². The average molecular weight is 1200 g/mol. The number of fused-ring (bicyclic) bond motifs is 1. The summed E-state index contributed by atoms with van der Waals surface area (Å²) in [5, 5.41) is 17.8. The first-order chi connectivity index (χ1) is 40.7. The Bertz CT molecular complexity index is 2820. The third-order valence-corrected chi connectivity index (χ3v) is 12.0. The lowest BCUT2D eigenvalue weighted by Crippen LogP contribution is -2.53. The van der Waals surface area contributed by atoms with Crippen molar-refractivity contribution in [3.63, 3.8) is 0 Å². The van der Waals surface area contributed by atoms with Gasteiger partial charge in [0.05, 0.1) is 38.6 Å². The van der Waals surface area contributed by atoms with Crippen LogP contribution in [0.1, 0.15) is 140 Å². The Morgan fingerprint density at radius 2 is 0.860 bits per heavy atom. The van der Waals surface area contributed by atoms with Gasteiger partial charge in [-0.1, -0.05) is 12.1 Å². The molecule has 468 valence electrons. The normalized spacial score (nSPS) is 11.7. The highest BCUT2D eigenvalue weighted by Gasteiger charge is 2.27. The number of alkyl carbamates (subject to hydrolysis) is 2. The van der Waals surface area contributed by atoms with Crippen molar-refractivity contribution in [3.8, 4) is 23.0 Å². The molecule has 0 fully saturated rings. The Morgan fingerprint density at radius 1 is 0.465 bits per heavy atom. The number of amides is 10. The van der Waals surface area contributed by atoms with Gasteiger partial charge in [-0.05, 0) is 164 Å². The molecule has 0 aromatic heterocycles. The molecule has 0 spiro atoms. The minimum Gasteiger partial charge on any atom is -0.496 e. The SMILES string of the molecule is COc1ccc(NC(C)=O)cc1C(=O)NNC(=O)[C@H](CCCCNC(=O)CCCOc1ccc2ccc(OCCCC(=O)NCCCC[C@H](NC(=O)OC(C)(C)C)C(=O)NNC(=O)c3cc(NC(C)=O)ccc3OC)cc2c1)NC(=O)OC(C)(C)C. The van der Waals surface area contributed by atoms with Crippen LogP contribution in [0.5, 0.6) is 23.0 Å². The van der Waals surface area contributed by atoms with Gasteiger partial charge >= 0.3 is 12.2 Å². The van der Waals surface area contributed by atoms with Crippen molar-refractivity contribution in [2.75, 3.05) is 51.2 Å². The number of carbonyl (C=O) groups is 10. The molecular weight excluding hydrogens is 1120 g/mol. The number of rotatable bonds is 30. The van der Waals surface area contributed by atoms with E-state index in [1.54, 1.807) is 53.7 Å².